The number of H-pyrrole nitrogens is 1. The Labute approximate surface area is 189 Å². The molecule has 8 heteroatoms. The lowest BCUT2D eigenvalue weighted by Crippen LogP contribution is -2.42. The van der Waals surface area contributed by atoms with E-state index in [4.69, 9.17) is 0 Å². The number of nitrogens with one attached hydrogen (secondary N) is 2. The maximum Gasteiger partial charge on any atom is 0.269 e. The number of fused-ring (bicyclic) bond motifs is 1. The molecular weight excluding hydrogens is 416 g/mol. The summed E-state index contributed by atoms with van der Waals surface area (Å²) in [6, 6.07) is 16.5. The fourth-order valence-electron chi connectivity index (χ4n) is 3.75. The molecule has 0 unspecified atom stereocenters. The molecule has 0 bridgehead atoms. The molecular formula is C25H20N6O2. The summed E-state index contributed by atoms with van der Waals surface area (Å²) >= 11 is 0. The summed E-state index contributed by atoms with van der Waals surface area (Å²) in [4.78, 5) is 24.7. The molecule has 2 aromatic carbocycles. The van der Waals surface area contributed by atoms with Crippen LogP contribution in [0.25, 0.3) is 22.0 Å². The highest BCUT2D eigenvalue weighted by Gasteiger charge is 2.42. The highest BCUT2D eigenvalue weighted by Crippen LogP contribution is 2.31. The molecule has 8 nitrogen and oxygen atoms in total. The molecule has 5 aromatic rings. The van der Waals surface area contributed by atoms with E-state index in [0.29, 0.717) is 11.3 Å². The standard InChI is InChI=1S/C25H20N6O2/c1-16-6-8-18(9-7-16)25(33,23-27-10-11-28-23)24(32)30-19-12-17(13-26-14-19)21-15-29-31-22-5-3-2-4-20(21)22/h2-15,33H,1H3,(H,27,28)(H,30,32)/t25-/m1/s1. The number of aromatic nitrogens is 5. The van der Waals surface area contributed by atoms with Crippen molar-refractivity contribution in [3.8, 4) is 11.1 Å². The maximum atomic E-state index is 13.4. The number of imidazole rings is 1. The van der Waals surface area contributed by atoms with Gasteiger partial charge in [-0.25, -0.2) is 4.98 Å². The number of aliphatic hydroxyl groups is 1. The zero-order valence-corrected chi connectivity index (χ0v) is 17.7. The number of aryl methyl sites for hydroxylation is 1. The lowest BCUT2D eigenvalue weighted by molar-refractivity contribution is -0.131. The Morgan fingerprint density at radius 2 is 1.88 bits per heavy atom. The van der Waals surface area contributed by atoms with Gasteiger partial charge in [0.05, 0.1) is 23.6 Å². The van der Waals surface area contributed by atoms with E-state index >= 15 is 0 Å². The van der Waals surface area contributed by atoms with Crippen molar-refractivity contribution in [3.05, 3.63) is 103 Å². The fourth-order valence-corrected chi connectivity index (χ4v) is 3.75. The van der Waals surface area contributed by atoms with Crippen molar-refractivity contribution >= 4 is 22.5 Å². The number of pyridine rings is 1. The molecule has 0 saturated carbocycles. The molecule has 5 rings (SSSR count). The van der Waals surface area contributed by atoms with Gasteiger partial charge in [-0.3, -0.25) is 9.78 Å². The zero-order chi connectivity index (χ0) is 22.8. The topological polar surface area (TPSA) is 117 Å². The monoisotopic (exact) mass is 436 g/mol. The molecule has 0 spiro atoms. The van der Waals surface area contributed by atoms with Crippen LogP contribution in [0.3, 0.4) is 0 Å². The van der Waals surface area contributed by atoms with Crippen LogP contribution < -0.4 is 5.32 Å². The van der Waals surface area contributed by atoms with Crippen molar-refractivity contribution in [2.75, 3.05) is 5.32 Å². The van der Waals surface area contributed by atoms with Crippen LogP contribution in [0.2, 0.25) is 0 Å². The van der Waals surface area contributed by atoms with Gasteiger partial charge in [0.15, 0.2) is 5.82 Å². The lowest BCUT2D eigenvalue weighted by atomic mass is 9.91. The average Bonchev–Trinajstić information content (AvgIpc) is 3.39. The fraction of sp³-hybridized carbons (Fsp3) is 0.0800. The molecule has 3 heterocycles. The van der Waals surface area contributed by atoms with Crippen LogP contribution in [0.1, 0.15) is 17.0 Å². The van der Waals surface area contributed by atoms with Gasteiger partial charge in [-0.1, -0.05) is 48.0 Å². The van der Waals surface area contributed by atoms with Crippen LogP contribution in [0, 0.1) is 6.92 Å². The number of hydrogen-bond acceptors (Lipinski definition) is 6. The SMILES string of the molecule is Cc1ccc([C@](O)(C(=O)Nc2cncc(-c3cnnc4ccccc34)c2)c2ncc[nH]2)cc1. The summed E-state index contributed by atoms with van der Waals surface area (Å²) in [5.41, 5.74) is 2.18. The molecule has 0 aliphatic carbocycles. The van der Waals surface area contributed by atoms with E-state index in [1.165, 1.54) is 12.4 Å². The largest absolute Gasteiger partial charge is 0.369 e. The Kier molecular flexibility index (Phi) is 5.12. The van der Waals surface area contributed by atoms with Crippen LogP contribution in [-0.4, -0.2) is 36.2 Å². The second-order valence-corrected chi connectivity index (χ2v) is 7.71. The number of benzene rings is 2. The minimum Gasteiger partial charge on any atom is -0.369 e. The van der Waals surface area contributed by atoms with Gasteiger partial charge in [0, 0.05) is 40.7 Å². The number of amides is 1. The van der Waals surface area contributed by atoms with E-state index in [2.05, 4.69) is 30.5 Å². The van der Waals surface area contributed by atoms with E-state index in [0.717, 1.165) is 27.6 Å². The van der Waals surface area contributed by atoms with E-state index in [1.807, 2.05) is 43.3 Å². The summed E-state index contributed by atoms with van der Waals surface area (Å²) in [5.74, 6) is -0.532. The molecule has 0 fully saturated rings. The number of carbonyl (C=O) groups excluding carboxylic acids is 1. The van der Waals surface area contributed by atoms with Crippen LogP contribution >= 0.6 is 0 Å². The smallest absolute Gasteiger partial charge is 0.269 e. The third-order valence-electron chi connectivity index (χ3n) is 5.49. The number of nitrogens with zero attached hydrogens (tertiary/aromatic N) is 4. The second kappa shape index (κ2) is 8.25. The van der Waals surface area contributed by atoms with Gasteiger partial charge < -0.3 is 15.4 Å². The lowest BCUT2D eigenvalue weighted by Gasteiger charge is -2.25. The molecule has 3 N–H and O–H groups in total. The van der Waals surface area contributed by atoms with Crippen molar-refractivity contribution in [3.63, 3.8) is 0 Å². The number of carbonyl (C=O) groups is 1. The average molecular weight is 436 g/mol. The maximum absolute atomic E-state index is 13.4. The number of hydrogen-bond donors (Lipinski definition) is 3. The summed E-state index contributed by atoms with van der Waals surface area (Å²) < 4.78 is 0. The summed E-state index contributed by atoms with van der Waals surface area (Å²) in [6.45, 7) is 1.94. The van der Waals surface area contributed by atoms with E-state index in [-0.39, 0.29) is 5.82 Å². The first-order chi connectivity index (χ1) is 16.1. The molecule has 162 valence electrons. The van der Waals surface area contributed by atoms with Gasteiger partial charge in [-0.2, -0.15) is 10.2 Å². The van der Waals surface area contributed by atoms with Crippen LogP contribution in [0.15, 0.2) is 85.6 Å². The number of anilines is 1. The quantitative estimate of drug-likeness (QED) is 0.388. The highest BCUT2D eigenvalue weighted by molar-refractivity contribution is 6.00. The summed E-state index contributed by atoms with van der Waals surface area (Å²) in [6.07, 6.45) is 7.93. The van der Waals surface area contributed by atoms with Gasteiger partial charge in [-0.15, -0.1) is 0 Å². The predicted molar refractivity (Wildman–Crippen MR) is 124 cm³/mol. The number of aromatic amines is 1. The highest BCUT2D eigenvalue weighted by atomic mass is 16.3. The summed E-state index contributed by atoms with van der Waals surface area (Å²) in [7, 11) is 0. The molecule has 3 aromatic heterocycles. The molecule has 0 radical (unpaired) electrons. The number of rotatable bonds is 5. The van der Waals surface area contributed by atoms with Crippen molar-refractivity contribution in [2.24, 2.45) is 0 Å². The normalized spacial score (nSPS) is 12.9. The van der Waals surface area contributed by atoms with Gasteiger partial charge in [0.2, 0.25) is 5.60 Å². The molecule has 0 aliphatic heterocycles. The van der Waals surface area contributed by atoms with Gasteiger partial charge in [0.25, 0.3) is 5.91 Å². The van der Waals surface area contributed by atoms with Crippen LogP contribution in [0.5, 0.6) is 0 Å². The minimum absolute atomic E-state index is 0.122. The molecule has 1 amide bonds. The third-order valence-corrected chi connectivity index (χ3v) is 5.49. The first kappa shape index (κ1) is 20.5. The van der Waals surface area contributed by atoms with Crippen LogP contribution in [0.4, 0.5) is 5.69 Å². The molecule has 0 aliphatic rings. The van der Waals surface area contributed by atoms with Crippen molar-refractivity contribution < 1.29 is 9.90 Å². The van der Waals surface area contributed by atoms with E-state index in [1.54, 1.807) is 36.8 Å². The molecule has 33 heavy (non-hydrogen) atoms. The predicted octanol–water partition coefficient (Wildman–Crippen LogP) is 3.60. The zero-order valence-electron chi connectivity index (χ0n) is 17.7. The molecule has 1 atom stereocenters. The van der Waals surface area contributed by atoms with Crippen molar-refractivity contribution in [2.45, 2.75) is 12.5 Å². The summed E-state index contributed by atoms with van der Waals surface area (Å²) in [5, 5.41) is 23.5. The Morgan fingerprint density at radius 3 is 2.67 bits per heavy atom. The van der Waals surface area contributed by atoms with E-state index < -0.39 is 11.5 Å². The van der Waals surface area contributed by atoms with E-state index in [9.17, 15) is 9.90 Å². The first-order valence-corrected chi connectivity index (χ1v) is 10.3. The first-order valence-electron chi connectivity index (χ1n) is 10.3. The Hall–Kier alpha value is -4.43. The van der Waals surface area contributed by atoms with Crippen molar-refractivity contribution in [1.29, 1.82) is 0 Å². The van der Waals surface area contributed by atoms with Crippen LogP contribution in [-0.2, 0) is 10.4 Å². The Balaban J connectivity index is 1.52. The third kappa shape index (κ3) is 3.72. The van der Waals surface area contributed by atoms with Gasteiger partial charge in [0.1, 0.15) is 0 Å². The minimum atomic E-state index is -2.02. The molecule has 0 saturated heterocycles. The van der Waals surface area contributed by atoms with Crippen molar-refractivity contribution in [1.82, 2.24) is 25.1 Å². The Bertz CT molecular complexity index is 1430. The van der Waals surface area contributed by atoms with Gasteiger partial charge >= 0.3 is 0 Å². The van der Waals surface area contributed by atoms with Gasteiger partial charge in [-0.05, 0) is 19.1 Å². The Morgan fingerprint density at radius 1 is 1.06 bits per heavy atom. The second-order valence-electron chi connectivity index (χ2n) is 7.71.